The fraction of sp³-hybridized carbons (Fsp3) is 0.594. The summed E-state index contributed by atoms with van der Waals surface area (Å²) >= 11 is 6.10. The molecule has 0 spiro atoms. The number of methoxy groups -OCH3 is 1. The van der Waals surface area contributed by atoms with E-state index in [1.807, 2.05) is 12.1 Å². The van der Waals surface area contributed by atoms with E-state index >= 15 is 0 Å². The molecule has 2 saturated heterocycles. The van der Waals surface area contributed by atoms with Crippen LogP contribution in [0.25, 0.3) is 0 Å². The van der Waals surface area contributed by atoms with Gasteiger partial charge in [-0.3, -0.25) is 14.6 Å². The Morgan fingerprint density at radius 3 is 2.28 bits per heavy atom. The van der Waals surface area contributed by atoms with Crippen LogP contribution in [0.5, 0.6) is 0 Å². The summed E-state index contributed by atoms with van der Waals surface area (Å²) in [6.45, 7) is 5.66. The smallest absolute Gasteiger partial charge is 0.382 e. The number of piperazine rings is 1. The number of hydrogen-bond acceptors (Lipinski definition) is 7. The Hall–Kier alpha value is -1.64. The van der Waals surface area contributed by atoms with Crippen LogP contribution in [0, 0.1) is 0 Å². The summed E-state index contributed by atoms with van der Waals surface area (Å²) < 4.78 is 79.8. The van der Waals surface area contributed by atoms with Crippen molar-refractivity contribution in [3.8, 4) is 0 Å². The van der Waals surface area contributed by atoms with Crippen molar-refractivity contribution in [2.45, 2.75) is 60.6 Å². The summed E-state index contributed by atoms with van der Waals surface area (Å²) in [4.78, 5) is 19.8. The van der Waals surface area contributed by atoms with Gasteiger partial charge in [0.2, 0.25) is 0 Å². The molecule has 2 atom stereocenters. The highest BCUT2D eigenvalue weighted by atomic mass is 35.5. The zero-order valence-corrected chi connectivity index (χ0v) is 29.5. The Labute approximate surface area is 292 Å². The Morgan fingerprint density at radius 2 is 1.64 bits per heavy atom. The zero-order chi connectivity index (χ0) is 32.2. The highest BCUT2D eigenvalue weighted by Crippen LogP contribution is 2.36. The number of hydrogen-bond donors (Lipinski definition) is 0. The van der Waals surface area contributed by atoms with Crippen molar-refractivity contribution >= 4 is 52.2 Å². The highest BCUT2D eigenvalue weighted by Gasteiger charge is 2.38. The van der Waals surface area contributed by atoms with Crippen molar-refractivity contribution < 1.29 is 35.9 Å². The molecule has 47 heavy (non-hydrogen) atoms. The number of carbonyl (C=O) groups is 1. The third-order valence-electron chi connectivity index (χ3n) is 9.07. The molecule has 264 valence electrons. The summed E-state index contributed by atoms with van der Waals surface area (Å²) in [6, 6.07) is 9.56. The molecule has 5 rings (SSSR count). The van der Waals surface area contributed by atoms with E-state index in [1.165, 1.54) is 0 Å². The first-order valence-electron chi connectivity index (χ1n) is 15.5. The number of carbonyl (C=O) groups excluding carboxylic acids is 1. The van der Waals surface area contributed by atoms with E-state index in [1.54, 1.807) is 24.1 Å². The maximum absolute atomic E-state index is 14.0. The summed E-state index contributed by atoms with van der Waals surface area (Å²) in [6.07, 6.45) is -2.08. The average Bonchev–Trinajstić information content (AvgIpc) is 3.57. The highest BCUT2D eigenvalue weighted by molar-refractivity contribution is 7.92. The fourth-order valence-corrected chi connectivity index (χ4v) is 8.67. The number of alkyl halides is 3. The van der Waals surface area contributed by atoms with Crippen molar-refractivity contribution in [2.75, 3.05) is 66.1 Å². The first-order valence-corrected chi connectivity index (χ1v) is 17.4. The number of nitrogens with zero attached hydrogens (tertiary/aromatic N) is 3. The maximum atomic E-state index is 14.0. The minimum absolute atomic E-state index is 0. The lowest BCUT2D eigenvalue weighted by Gasteiger charge is -2.43. The number of morpholine rings is 1. The van der Waals surface area contributed by atoms with Crippen LogP contribution < -0.4 is 0 Å². The predicted octanol–water partition coefficient (Wildman–Crippen LogP) is 5.64. The van der Waals surface area contributed by atoms with Crippen LogP contribution in [0.1, 0.15) is 47.2 Å². The van der Waals surface area contributed by atoms with Gasteiger partial charge in [0, 0.05) is 69.6 Å². The summed E-state index contributed by atoms with van der Waals surface area (Å²) in [5, 5.41) is -0.157. The Morgan fingerprint density at radius 1 is 0.979 bits per heavy atom. The fourth-order valence-electron chi connectivity index (χ4n) is 6.62. The molecule has 2 heterocycles. The Kier molecular flexibility index (Phi) is 14.7. The van der Waals surface area contributed by atoms with Crippen LogP contribution >= 0.6 is 36.4 Å². The van der Waals surface area contributed by atoms with E-state index in [2.05, 4.69) is 9.80 Å². The standard InChI is InChI=1S/C32H41ClF3N3O5S.2ClH/c1-43-22-28-21-38(14-15-44-28)11-10-37-12-13-39(27(20-37)16-23-6-8-26(33)9-7-23)31(40)24-17-25(32(34,35)36)19-30(18-24)45(41,42)29-4-2-3-5-29;;/h6-9,17-19,27-29H,2-5,10-16,20-22H2,1H3;2*1H/t27-,28+;;/m1../s1. The maximum Gasteiger partial charge on any atom is 0.416 e. The number of sulfone groups is 1. The van der Waals surface area contributed by atoms with Crippen LogP contribution in [-0.2, 0) is 31.9 Å². The first kappa shape index (κ1) is 39.8. The van der Waals surface area contributed by atoms with Crippen LogP contribution in [0.2, 0.25) is 5.02 Å². The monoisotopic (exact) mass is 743 g/mol. The summed E-state index contributed by atoms with van der Waals surface area (Å²) in [5.41, 5.74) is -0.447. The average molecular weight is 745 g/mol. The third kappa shape index (κ3) is 10.2. The Bertz CT molecular complexity index is 1430. The van der Waals surface area contributed by atoms with Crippen molar-refractivity contribution in [2.24, 2.45) is 0 Å². The van der Waals surface area contributed by atoms with E-state index in [4.69, 9.17) is 21.1 Å². The van der Waals surface area contributed by atoms with Gasteiger partial charge in [-0.1, -0.05) is 36.6 Å². The SMILES string of the molecule is COC[C@@H]1CN(CCN2CCN(C(=O)c3cc(C(F)(F)F)cc(S(=O)(=O)C4CCCC4)c3)[C@H](Cc3ccc(Cl)cc3)C2)CCO1.Cl.Cl. The molecule has 0 bridgehead atoms. The van der Waals surface area contributed by atoms with E-state index in [0.29, 0.717) is 76.0 Å². The van der Waals surface area contributed by atoms with Crippen LogP contribution in [0.3, 0.4) is 0 Å². The second-order valence-corrected chi connectivity index (χ2v) is 14.9. The van der Waals surface area contributed by atoms with Crippen LogP contribution in [-0.4, -0.2) is 113 Å². The molecule has 0 unspecified atom stereocenters. The number of rotatable bonds is 10. The molecule has 3 fully saturated rings. The zero-order valence-electron chi connectivity index (χ0n) is 26.3. The second-order valence-electron chi connectivity index (χ2n) is 12.2. The minimum atomic E-state index is -4.81. The van der Waals surface area contributed by atoms with Gasteiger partial charge in [0.15, 0.2) is 9.84 Å². The lowest BCUT2D eigenvalue weighted by molar-refractivity contribution is -0.137. The topological polar surface area (TPSA) is 79.4 Å². The van der Waals surface area contributed by atoms with Gasteiger partial charge < -0.3 is 14.4 Å². The molecule has 0 radical (unpaired) electrons. The van der Waals surface area contributed by atoms with Crippen molar-refractivity contribution in [3.05, 3.63) is 64.2 Å². The number of benzene rings is 2. The molecule has 3 aliphatic rings. The van der Waals surface area contributed by atoms with Gasteiger partial charge in [-0.2, -0.15) is 13.2 Å². The largest absolute Gasteiger partial charge is 0.416 e. The predicted molar refractivity (Wildman–Crippen MR) is 180 cm³/mol. The molecule has 2 aliphatic heterocycles. The van der Waals surface area contributed by atoms with Gasteiger partial charge in [0.25, 0.3) is 5.91 Å². The van der Waals surface area contributed by atoms with E-state index < -0.39 is 37.6 Å². The lowest BCUT2D eigenvalue weighted by atomic mass is 10.00. The quantitative estimate of drug-likeness (QED) is 0.312. The van der Waals surface area contributed by atoms with E-state index in [0.717, 1.165) is 43.9 Å². The van der Waals surface area contributed by atoms with E-state index in [9.17, 15) is 26.4 Å². The van der Waals surface area contributed by atoms with Gasteiger partial charge in [0.05, 0.1) is 35.0 Å². The number of ether oxygens (including phenoxy) is 2. The van der Waals surface area contributed by atoms with Crippen LogP contribution in [0.15, 0.2) is 47.4 Å². The van der Waals surface area contributed by atoms with Gasteiger partial charge in [-0.15, -0.1) is 24.8 Å². The van der Waals surface area contributed by atoms with Crippen molar-refractivity contribution in [1.29, 1.82) is 0 Å². The van der Waals surface area contributed by atoms with Gasteiger partial charge in [-0.05, 0) is 55.2 Å². The van der Waals surface area contributed by atoms with Gasteiger partial charge >= 0.3 is 6.18 Å². The second kappa shape index (κ2) is 17.3. The molecule has 15 heteroatoms. The summed E-state index contributed by atoms with van der Waals surface area (Å²) in [7, 11) is -2.37. The van der Waals surface area contributed by atoms with E-state index in [-0.39, 0.29) is 42.5 Å². The minimum Gasteiger partial charge on any atom is -0.382 e. The molecule has 2 aromatic carbocycles. The lowest BCUT2D eigenvalue weighted by Crippen LogP contribution is -2.57. The van der Waals surface area contributed by atoms with Crippen molar-refractivity contribution in [3.63, 3.8) is 0 Å². The third-order valence-corrected chi connectivity index (χ3v) is 11.6. The molecule has 2 aromatic rings. The van der Waals surface area contributed by atoms with Crippen molar-refractivity contribution in [1.82, 2.24) is 14.7 Å². The molecular formula is C32H43Cl3F3N3O5S. The number of halogens is 6. The molecule has 0 N–H and O–H groups in total. The van der Waals surface area contributed by atoms with Crippen LogP contribution in [0.4, 0.5) is 13.2 Å². The van der Waals surface area contributed by atoms with Gasteiger partial charge in [-0.25, -0.2) is 8.42 Å². The molecule has 8 nitrogen and oxygen atoms in total. The van der Waals surface area contributed by atoms with Gasteiger partial charge in [0.1, 0.15) is 0 Å². The first-order chi connectivity index (χ1) is 21.4. The molecule has 1 amide bonds. The summed E-state index contributed by atoms with van der Waals surface area (Å²) in [5.74, 6) is -0.599. The normalized spacial score (nSPS) is 21.7. The molecule has 0 aromatic heterocycles. The Balaban J connectivity index is 0.00000300. The number of amides is 1. The molecule has 1 saturated carbocycles. The molecule has 1 aliphatic carbocycles. The molecular weight excluding hydrogens is 702 g/mol.